The standard InChI is InChI=1S/3C17H22N.2C15H18N.CH4/c1-11-9-7-8-10-16(11)17-14(4)12(2)13(3)15(5)18(17)6;1-12(2)15-10-14(4)17(18(5)11-15)16-9-7-6-8-13(16)3;1-12(2)15-10-11-17(18(5)14(15)4)16-9-7-6-8-13(16)3;1-11-9-13(3)16(4)15(10-11)14-8-6-5-7-12(14)2;1-11-9-10-15(16(4)13(11)3)14-8-6-5-7-12(14)2;/h7-10H,1-6H3;2*6-12H,1-5H3;2*5-10H,1-4H3;1H4/q5*+1;/i3D3;2*1D3,12D;;1D3;. The quantitative estimate of drug-likeness (QED) is 0.142. The van der Waals surface area contributed by atoms with E-state index in [-0.39, 0.29) is 7.43 Å². The van der Waals surface area contributed by atoms with Crippen LogP contribution in [0.25, 0.3) is 56.3 Å². The highest BCUT2D eigenvalue weighted by Gasteiger charge is 2.24. The lowest BCUT2D eigenvalue weighted by Crippen LogP contribution is -2.37. The molecule has 0 aliphatic heterocycles. The predicted octanol–water partition coefficient (Wildman–Crippen LogP) is 18.4. The van der Waals surface area contributed by atoms with E-state index in [4.69, 9.17) is 19.2 Å². The Bertz CT molecular complexity index is 4540. The van der Waals surface area contributed by atoms with Gasteiger partial charge in [-0.25, -0.2) is 4.57 Å². The molecule has 0 saturated carbocycles. The molecule has 10 aromatic rings. The van der Waals surface area contributed by atoms with Gasteiger partial charge in [-0.15, -0.1) is 0 Å². The smallest absolute Gasteiger partial charge is 0.201 e. The zero-order chi connectivity index (χ0) is 75.3. The Balaban J connectivity index is 0.000000228. The van der Waals surface area contributed by atoms with E-state index in [1.54, 1.807) is 18.3 Å². The molecule has 10 rings (SSSR count). The van der Waals surface area contributed by atoms with Crippen LogP contribution in [0.2, 0.25) is 0 Å². The van der Waals surface area contributed by atoms with E-state index in [0.717, 1.165) is 84.4 Å². The number of benzene rings is 5. The van der Waals surface area contributed by atoms with E-state index in [9.17, 15) is 0 Å². The van der Waals surface area contributed by atoms with Crippen LogP contribution in [0.15, 0.2) is 170 Å². The lowest BCUT2D eigenvalue weighted by molar-refractivity contribution is -0.667. The summed E-state index contributed by atoms with van der Waals surface area (Å²) < 4.78 is 118. The van der Waals surface area contributed by atoms with Crippen molar-refractivity contribution in [3.63, 3.8) is 0 Å². The van der Waals surface area contributed by atoms with Gasteiger partial charge in [-0.05, 0) is 175 Å². The number of aromatic nitrogens is 5. The summed E-state index contributed by atoms with van der Waals surface area (Å²) in [5, 5.41) is 0. The van der Waals surface area contributed by atoms with Crippen LogP contribution in [-0.4, -0.2) is 0 Å². The Morgan fingerprint density at radius 2 is 0.793 bits per heavy atom. The fraction of sp³-hybridized carbons (Fsp3) is 0.329. The van der Waals surface area contributed by atoms with Crippen LogP contribution < -0.4 is 22.8 Å². The van der Waals surface area contributed by atoms with Gasteiger partial charge in [-0.2, -0.15) is 18.3 Å². The molecule has 0 amide bonds. The van der Waals surface area contributed by atoms with Gasteiger partial charge in [0.05, 0.1) is 0 Å². The topological polar surface area (TPSA) is 19.4 Å². The summed E-state index contributed by atoms with van der Waals surface area (Å²) in [5.41, 5.74) is 27.1. The van der Waals surface area contributed by atoms with Crippen molar-refractivity contribution in [2.24, 2.45) is 35.2 Å². The molecule has 0 aliphatic carbocycles. The minimum Gasteiger partial charge on any atom is -0.201 e. The van der Waals surface area contributed by atoms with E-state index >= 15 is 0 Å². The molecule has 87 heavy (non-hydrogen) atoms. The third-order valence-corrected chi connectivity index (χ3v) is 16.8. The summed E-state index contributed by atoms with van der Waals surface area (Å²) >= 11 is 0. The van der Waals surface area contributed by atoms with E-state index in [2.05, 4.69) is 139 Å². The molecule has 0 radical (unpaired) electrons. The SMILES string of the molecule is C.Cc1cc(C)[n+](C)c(-c2ccccc2C)c1.[2H]C([2H])([2H])C([2H])(C)c1cc(C)c(-c2ccccc2C)[n+](C)c1.[2H]C([2H])([2H])C([2H])(C)c1ccc(-c2ccccc2C)[n+](C)c1C.[2H]C([2H])([2H])c1c(C)c(C)c(-c2ccccc2C)[n+](C)c1C.[2H]C([2H])([2H])c1ccc(-c2ccccc2C)[n+](C)c1C. The first-order chi connectivity index (χ1) is 46.2. The summed E-state index contributed by atoms with van der Waals surface area (Å²) in [6, 6.07) is 54.6. The third-order valence-electron chi connectivity index (χ3n) is 16.8. The van der Waals surface area contributed by atoms with Crippen molar-refractivity contribution >= 4 is 0 Å². The average Bonchev–Trinajstić information content (AvgIpc) is 0.774. The van der Waals surface area contributed by atoms with Crippen molar-refractivity contribution in [1.29, 1.82) is 0 Å². The van der Waals surface area contributed by atoms with Crippen molar-refractivity contribution in [2.75, 3.05) is 0 Å². The van der Waals surface area contributed by atoms with Gasteiger partial charge in [0.25, 0.3) is 0 Å². The minimum atomic E-state index is -2.37. The Hall–Kier alpha value is -8.15. The molecule has 0 bridgehead atoms. The molecular weight excluding hydrogens is 1050 g/mol. The van der Waals surface area contributed by atoms with Crippen LogP contribution >= 0.6 is 0 Å². The highest BCUT2D eigenvalue weighted by Crippen LogP contribution is 2.30. The molecule has 0 saturated heterocycles. The zero-order valence-electron chi connectivity index (χ0n) is 68.9. The second-order valence-electron chi connectivity index (χ2n) is 23.0. The molecule has 0 N–H and O–H groups in total. The largest absolute Gasteiger partial charge is 0.215 e. The maximum absolute atomic E-state index is 8.30. The van der Waals surface area contributed by atoms with Crippen molar-refractivity contribution in [1.82, 2.24) is 0 Å². The molecule has 5 aromatic carbocycles. The van der Waals surface area contributed by atoms with Crippen LogP contribution in [-0.2, 0) is 35.2 Å². The van der Waals surface area contributed by atoms with Gasteiger partial charge in [-0.1, -0.05) is 126 Å². The second kappa shape index (κ2) is 31.0. The van der Waals surface area contributed by atoms with Crippen LogP contribution in [0.5, 0.6) is 0 Å². The van der Waals surface area contributed by atoms with Crippen LogP contribution in [0, 0.1) is 104 Å². The van der Waals surface area contributed by atoms with Crippen molar-refractivity contribution in [2.45, 2.75) is 150 Å². The van der Waals surface area contributed by atoms with Gasteiger partial charge in [0.2, 0.25) is 28.5 Å². The summed E-state index contributed by atoms with van der Waals surface area (Å²) in [6.45, 7) is 20.2. The summed E-state index contributed by atoms with van der Waals surface area (Å²) in [5.74, 6) is -3.25. The minimum absolute atomic E-state index is 0. The fourth-order valence-corrected chi connectivity index (χ4v) is 11.0. The third kappa shape index (κ3) is 16.5. The lowest BCUT2D eigenvalue weighted by Gasteiger charge is -2.13. The number of rotatable bonds is 7. The zero-order valence-corrected chi connectivity index (χ0v) is 54.9. The highest BCUT2D eigenvalue weighted by molar-refractivity contribution is 5.67. The molecule has 5 heterocycles. The molecule has 5 nitrogen and oxygen atoms in total. The lowest BCUT2D eigenvalue weighted by atomic mass is 9.95. The van der Waals surface area contributed by atoms with Gasteiger partial charge < -0.3 is 0 Å². The van der Waals surface area contributed by atoms with Crippen molar-refractivity contribution in [3.8, 4) is 56.3 Å². The van der Waals surface area contributed by atoms with Gasteiger partial charge in [-0.3, -0.25) is 0 Å². The number of nitrogens with zero attached hydrogens (tertiary/aromatic N) is 5. The molecule has 454 valence electrons. The maximum atomic E-state index is 8.30. The van der Waals surface area contributed by atoms with Crippen LogP contribution in [0.4, 0.5) is 0 Å². The summed E-state index contributed by atoms with van der Waals surface area (Å²) in [4.78, 5) is 0. The molecule has 0 spiro atoms. The molecule has 2 atom stereocenters. The predicted molar refractivity (Wildman–Crippen MR) is 371 cm³/mol. The van der Waals surface area contributed by atoms with Crippen molar-refractivity contribution in [3.05, 3.63) is 265 Å². The van der Waals surface area contributed by atoms with Crippen LogP contribution in [0.3, 0.4) is 0 Å². The molecule has 0 fully saturated rings. The number of hydrogen-bond donors (Lipinski definition) is 0. The molecular formula is C82H106N5+5. The molecule has 2 unspecified atom stereocenters. The first kappa shape index (κ1) is 50.9. The first-order valence-corrected chi connectivity index (χ1v) is 29.5. The van der Waals surface area contributed by atoms with E-state index in [0.29, 0.717) is 22.3 Å². The van der Waals surface area contributed by atoms with Gasteiger partial charge in [0, 0.05) is 132 Å². The average molecular weight is 1180 g/mol. The normalized spacial score (nSPS) is 14.9. The molecule has 0 aliphatic rings. The van der Waals surface area contributed by atoms with E-state index in [1.165, 1.54) is 58.6 Å². The van der Waals surface area contributed by atoms with E-state index < -0.39 is 39.2 Å². The number of aryl methyl sites for hydroxylation is 10. The maximum Gasteiger partial charge on any atom is 0.215 e. The van der Waals surface area contributed by atoms with Gasteiger partial charge in [0.15, 0.2) is 29.0 Å². The van der Waals surface area contributed by atoms with E-state index in [1.807, 2.05) is 161 Å². The van der Waals surface area contributed by atoms with Gasteiger partial charge >= 0.3 is 0 Å². The number of pyridine rings is 5. The Morgan fingerprint density at radius 3 is 1.24 bits per heavy atom. The second-order valence-corrected chi connectivity index (χ2v) is 23.0. The Morgan fingerprint density at radius 1 is 0.356 bits per heavy atom. The first-order valence-electron chi connectivity index (χ1n) is 36.5. The number of hydrogen-bond acceptors (Lipinski definition) is 0. The molecule has 5 heteroatoms. The summed E-state index contributed by atoms with van der Waals surface area (Å²) in [6.07, 6.45) is 1.76. The molecule has 5 aromatic heterocycles. The highest BCUT2D eigenvalue weighted by atomic mass is 15.0. The van der Waals surface area contributed by atoms with Crippen LogP contribution in [0.1, 0.15) is 161 Å². The fourth-order valence-electron chi connectivity index (χ4n) is 11.0. The Labute approximate surface area is 547 Å². The monoisotopic (exact) mass is 1170 g/mol. The summed E-state index contributed by atoms with van der Waals surface area (Å²) in [7, 11) is 9.78. The Kier molecular flexibility index (Phi) is 18.1. The van der Waals surface area contributed by atoms with Crippen molar-refractivity contribution < 1.29 is 42.0 Å². The van der Waals surface area contributed by atoms with Gasteiger partial charge in [0.1, 0.15) is 35.2 Å².